The minimum absolute atomic E-state index is 0.196. The maximum absolute atomic E-state index is 6.64. The van der Waals surface area contributed by atoms with Gasteiger partial charge in [0.25, 0.3) is 0 Å². The van der Waals surface area contributed by atoms with Crippen LogP contribution < -0.4 is 10.5 Å². The van der Waals surface area contributed by atoms with E-state index in [0.29, 0.717) is 0 Å². The molecule has 2 nitrogen and oxygen atoms in total. The van der Waals surface area contributed by atoms with Gasteiger partial charge in [0.1, 0.15) is 5.75 Å². The summed E-state index contributed by atoms with van der Waals surface area (Å²) >= 11 is 3.62. The predicted octanol–water partition coefficient (Wildman–Crippen LogP) is 3.50. The van der Waals surface area contributed by atoms with Crippen LogP contribution in [0.25, 0.3) is 0 Å². The fourth-order valence-corrected chi connectivity index (χ4v) is 3.43. The van der Waals surface area contributed by atoms with E-state index < -0.39 is 0 Å². The molecular weight excluding hydrogens is 314 g/mol. The van der Waals surface area contributed by atoms with Gasteiger partial charge in [0.15, 0.2) is 0 Å². The van der Waals surface area contributed by atoms with Crippen molar-refractivity contribution >= 4 is 15.9 Å². The van der Waals surface area contributed by atoms with Crippen LogP contribution in [-0.4, -0.2) is 12.6 Å². The third-order valence-corrected chi connectivity index (χ3v) is 4.77. The molecule has 0 fully saturated rings. The second-order valence-electron chi connectivity index (χ2n) is 5.62. The topological polar surface area (TPSA) is 35.2 Å². The Morgan fingerprint density at radius 3 is 2.40 bits per heavy atom. The summed E-state index contributed by atoms with van der Waals surface area (Å²) in [6.07, 6.45) is 2.72. The maximum atomic E-state index is 6.64. The molecular formula is C17H18BrNO. The molecule has 3 heteroatoms. The van der Waals surface area contributed by atoms with Crippen LogP contribution in [0.1, 0.15) is 16.7 Å². The van der Waals surface area contributed by atoms with Gasteiger partial charge in [-0.3, -0.25) is 0 Å². The quantitative estimate of drug-likeness (QED) is 0.934. The molecule has 2 N–H and O–H groups in total. The Hall–Kier alpha value is -1.32. The van der Waals surface area contributed by atoms with E-state index in [1.54, 1.807) is 7.11 Å². The van der Waals surface area contributed by atoms with E-state index >= 15 is 0 Å². The van der Waals surface area contributed by atoms with Crippen LogP contribution in [-0.2, 0) is 19.3 Å². The predicted molar refractivity (Wildman–Crippen MR) is 85.2 cm³/mol. The third-order valence-electron chi connectivity index (χ3n) is 4.00. The lowest BCUT2D eigenvalue weighted by Gasteiger charge is -2.24. The molecule has 0 aromatic heterocycles. The molecule has 2 aromatic carbocycles. The van der Waals surface area contributed by atoms with Crippen molar-refractivity contribution in [3.8, 4) is 5.75 Å². The van der Waals surface area contributed by atoms with Crippen molar-refractivity contribution in [2.45, 2.75) is 24.8 Å². The van der Waals surface area contributed by atoms with E-state index in [0.717, 1.165) is 29.5 Å². The number of fused-ring (bicyclic) bond motifs is 1. The summed E-state index contributed by atoms with van der Waals surface area (Å²) in [4.78, 5) is 0. The second kappa shape index (κ2) is 5.23. The Bertz CT molecular complexity index is 614. The first-order valence-electron chi connectivity index (χ1n) is 6.78. The summed E-state index contributed by atoms with van der Waals surface area (Å²) < 4.78 is 6.40. The van der Waals surface area contributed by atoms with Crippen LogP contribution in [0.3, 0.4) is 0 Å². The highest BCUT2D eigenvalue weighted by molar-refractivity contribution is 9.10. The molecule has 0 spiro atoms. The van der Waals surface area contributed by atoms with Gasteiger partial charge >= 0.3 is 0 Å². The van der Waals surface area contributed by atoms with Gasteiger partial charge in [-0.2, -0.15) is 0 Å². The lowest BCUT2D eigenvalue weighted by atomic mass is 9.89. The molecule has 1 aliphatic rings. The number of rotatable bonds is 3. The van der Waals surface area contributed by atoms with E-state index in [1.807, 2.05) is 12.1 Å². The summed E-state index contributed by atoms with van der Waals surface area (Å²) in [5.41, 5.74) is 10.4. The Labute approximate surface area is 128 Å². The zero-order valence-corrected chi connectivity index (χ0v) is 13.1. The van der Waals surface area contributed by atoms with Gasteiger partial charge in [-0.25, -0.2) is 0 Å². The summed E-state index contributed by atoms with van der Waals surface area (Å²) in [6.45, 7) is 0. The van der Waals surface area contributed by atoms with Gasteiger partial charge in [-0.1, -0.05) is 40.2 Å². The van der Waals surface area contributed by atoms with Crippen LogP contribution in [0.2, 0.25) is 0 Å². The van der Waals surface area contributed by atoms with Crippen LogP contribution in [0.5, 0.6) is 5.75 Å². The van der Waals surface area contributed by atoms with Crippen molar-refractivity contribution in [2.24, 2.45) is 5.73 Å². The fraction of sp³-hybridized carbons (Fsp3) is 0.294. The number of halogens is 1. The van der Waals surface area contributed by atoms with Gasteiger partial charge < -0.3 is 10.5 Å². The van der Waals surface area contributed by atoms with E-state index in [4.69, 9.17) is 10.5 Å². The van der Waals surface area contributed by atoms with E-state index in [2.05, 4.69) is 46.3 Å². The highest BCUT2D eigenvalue weighted by Gasteiger charge is 2.33. The first-order valence-corrected chi connectivity index (χ1v) is 7.57. The minimum atomic E-state index is -0.196. The molecule has 2 aromatic rings. The van der Waals surface area contributed by atoms with Gasteiger partial charge in [-0.15, -0.1) is 0 Å². The maximum Gasteiger partial charge on any atom is 0.119 e. The van der Waals surface area contributed by atoms with Gasteiger partial charge in [-0.05, 0) is 54.2 Å². The van der Waals surface area contributed by atoms with Gasteiger partial charge in [0, 0.05) is 10.0 Å². The zero-order valence-electron chi connectivity index (χ0n) is 11.5. The van der Waals surface area contributed by atoms with Crippen molar-refractivity contribution < 1.29 is 4.74 Å². The Morgan fingerprint density at radius 2 is 1.80 bits per heavy atom. The number of ether oxygens (including phenoxy) is 1. The van der Waals surface area contributed by atoms with Gasteiger partial charge in [0.2, 0.25) is 0 Å². The Morgan fingerprint density at radius 1 is 1.15 bits per heavy atom. The summed E-state index contributed by atoms with van der Waals surface area (Å²) in [7, 11) is 1.69. The number of methoxy groups -OCH3 is 1. The van der Waals surface area contributed by atoms with Crippen molar-refractivity contribution in [3.05, 3.63) is 63.6 Å². The van der Waals surface area contributed by atoms with Crippen molar-refractivity contribution in [1.82, 2.24) is 0 Å². The molecule has 0 saturated heterocycles. The molecule has 3 rings (SSSR count). The molecule has 0 radical (unpaired) electrons. The molecule has 0 bridgehead atoms. The van der Waals surface area contributed by atoms with E-state index in [-0.39, 0.29) is 5.54 Å². The molecule has 0 saturated carbocycles. The minimum Gasteiger partial charge on any atom is -0.497 e. The first-order chi connectivity index (χ1) is 9.59. The lowest BCUT2D eigenvalue weighted by molar-refractivity contribution is 0.411. The summed E-state index contributed by atoms with van der Waals surface area (Å²) in [6, 6.07) is 14.6. The van der Waals surface area contributed by atoms with E-state index in [1.165, 1.54) is 16.7 Å². The number of benzene rings is 2. The highest BCUT2D eigenvalue weighted by Crippen LogP contribution is 2.33. The third kappa shape index (κ3) is 2.60. The average Bonchev–Trinajstić information content (AvgIpc) is 2.77. The monoisotopic (exact) mass is 331 g/mol. The summed E-state index contributed by atoms with van der Waals surface area (Å²) in [5.74, 6) is 0.877. The normalized spacial score (nSPS) is 15.9. The zero-order chi connectivity index (χ0) is 14.2. The highest BCUT2D eigenvalue weighted by atomic mass is 79.9. The molecule has 0 aliphatic heterocycles. The van der Waals surface area contributed by atoms with Crippen molar-refractivity contribution in [1.29, 1.82) is 0 Å². The molecule has 0 unspecified atom stereocenters. The fourth-order valence-electron chi connectivity index (χ4n) is 3.04. The molecule has 0 heterocycles. The Kier molecular flexibility index (Phi) is 3.57. The van der Waals surface area contributed by atoms with Gasteiger partial charge in [0.05, 0.1) is 7.11 Å². The standard InChI is InChI=1S/C17H18BrNO/c1-20-15-6-7-16(18)14(8-15)11-17(19)9-12-4-2-3-5-13(12)10-17/h2-8H,9-11,19H2,1H3. The van der Waals surface area contributed by atoms with Crippen LogP contribution >= 0.6 is 15.9 Å². The molecule has 20 heavy (non-hydrogen) atoms. The van der Waals surface area contributed by atoms with Crippen LogP contribution in [0.15, 0.2) is 46.9 Å². The first kappa shape index (κ1) is 13.7. The smallest absolute Gasteiger partial charge is 0.119 e. The SMILES string of the molecule is COc1ccc(Br)c(CC2(N)Cc3ccccc3C2)c1. The lowest BCUT2D eigenvalue weighted by Crippen LogP contribution is -2.43. The van der Waals surface area contributed by atoms with E-state index in [9.17, 15) is 0 Å². The van der Waals surface area contributed by atoms with Crippen molar-refractivity contribution in [2.75, 3.05) is 7.11 Å². The number of hydrogen-bond donors (Lipinski definition) is 1. The number of hydrogen-bond acceptors (Lipinski definition) is 2. The Balaban J connectivity index is 1.86. The number of nitrogens with two attached hydrogens (primary N) is 1. The van der Waals surface area contributed by atoms with Crippen molar-refractivity contribution in [3.63, 3.8) is 0 Å². The van der Waals surface area contributed by atoms with Crippen LogP contribution in [0, 0.1) is 0 Å². The summed E-state index contributed by atoms with van der Waals surface area (Å²) in [5, 5.41) is 0. The molecule has 1 aliphatic carbocycles. The second-order valence-corrected chi connectivity index (χ2v) is 6.47. The largest absolute Gasteiger partial charge is 0.497 e. The molecule has 0 amide bonds. The molecule has 0 atom stereocenters. The molecule has 104 valence electrons. The van der Waals surface area contributed by atoms with Crippen LogP contribution in [0.4, 0.5) is 0 Å². The average molecular weight is 332 g/mol.